The van der Waals surface area contributed by atoms with E-state index in [1.165, 1.54) is 0 Å². The van der Waals surface area contributed by atoms with Gasteiger partial charge in [0.2, 0.25) is 5.91 Å². The maximum Gasteiger partial charge on any atom is 0.219 e. The average molecular weight is 356 g/mol. The highest BCUT2D eigenvalue weighted by Gasteiger charge is 2.22. The minimum atomic E-state index is 0.111. The van der Waals surface area contributed by atoms with Gasteiger partial charge in [-0.25, -0.2) is 0 Å². The van der Waals surface area contributed by atoms with E-state index in [1.54, 1.807) is 6.92 Å². The number of ether oxygens (including phenoxy) is 1. The molecule has 1 aliphatic heterocycles. The van der Waals surface area contributed by atoms with Gasteiger partial charge in [0.05, 0.1) is 25.0 Å². The molecule has 1 aromatic heterocycles. The Morgan fingerprint density at radius 1 is 1.19 bits per heavy atom. The number of hydrogen-bond acceptors (Lipinski definition) is 4. The molecule has 0 saturated heterocycles. The van der Waals surface area contributed by atoms with Gasteiger partial charge in [0.1, 0.15) is 12.4 Å². The summed E-state index contributed by atoms with van der Waals surface area (Å²) in [6, 6.07) is 8.15. The van der Waals surface area contributed by atoms with Crippen molar-refractivity contribution < 1.29 is 9.53 Å². The molecule has 0 bridgehead atoms. The highest BCUT2D eigenvalue weighted by molar-refractivity contribution is 5.74. The van der Waals surface area contributed by atoms with Crippen molar-refractivity contribution in [3.8, 4) is 16.9 Å². The molecule has 0 aliphatic carbocycles. The lowest BCUT2D eigenvalue weighted by Gasteiger charge is -2.27. The zero-order valence-electron chi connectivity index (χ0n) is 15.9. The van der Waals surface area contributed by atoms with E-state index in [2.05, 4.69) is 36.0 Å². The van der Waals surface area contributed by atoms with E-state index < -0.39 is 0 Å². The minimum Gasteiger partial charge on any atom is -0.492 e. The van der Waals surface area contributed by atoms with Gasteiger partial charge in [-0.15, -0.1) is 0 Å². The third-order valence-corrected chi connectivity index (χ3v) is 5.05. The van der Waals surface area contributed by atoms with E-state index >= 15 is 0 Å². The molecule has 3 rings (SSSR count). The van der Waals surface area contributed by atoms with Crippen molar-refractivity contribution in [1.82, 2.24) is 19.6 Å². The number of fused-ring (bicyclic) bond motifs is 1. The van der Waals surface area contributed by atoms with Crippen LogP contribution in [0.5, 0.6) is 5.75 Å². The molecule has 2 aromatic rings. The summed E-state index contributed by atoms with van der Waals surface area (Å²) < 4.78 is 7.86. The average Bonchev–Trinajstić information content (AvgIpc) is 3.09. The zero-order chi connectivity index (χ0) is 18.5. The second kappa shape index (κ2) is 8.36. The normalized spacial score (nSPS) is 13.8. The first-order valence-electron chi connectivity index (χ1n) is 9.38. The Morgan fingerprint density at radius 3 is 2.58 bits per heavy atom. The monoisotopic (exact) mass is 356 g/mol. The molecule has 26 heavy (non-hydrogen) atoms. The van der Waals surface area contributed by atoms with Crippen LogP contribution < -0.4 is 4.74 Å². The lowest BCUT2D eigenvalue weighted by Crippen LogP contribution is -2.37. The number of aromatic nitrogens is 2. The summed E-state index contributed by atoms with van der Waals surface area (Å²) in [6.45, 7) is 11.8. The number of amides is 1. The number of likely N-dealkylation sites (N-methyl/N-ethyl adjacent to an activating group) is 1. The lowest BCUT2D eigenvalue weighted by atomic mass is 10.1. The lowest BCUT2D eigenvalue weighted by molar-refractivity contribution is -0.130. The standard InChI is InChI=1S/C20H28N4O2/c1-4-22(5-2)12-13-26-18-8-6-17(7-9-18)19-14-21-24-11-10-23(16(3)25)15-20(19)24/h6-9,14H,4-5,10-13,15H2,1-3H3. The first kappa shape index (κ1) is 18.5. The molecule has 140 valence electrons. The Bertz CT molecular complexity index is 735. The molecule has 0 N–H and O–H groups in total. The highest BCUT2D eigenvalue weighted by Crippen LogP contribution is 2.28. The summed E-state index contributed by atoms with van der Waals surface area (Å²) in [5, 5.41) is 4.48. The van der Waals surface area contributed by atoms with Crippen molar-refractivity contribution >= 4 is 5.91 Å². The molecule has 0 atom stereocenters. The van der Waals surface area contributed by atoms with Gasteiger partial charge in [-0.05, 0) is 30.8 Å². The molecule has 1 aliphatic rings. The summed E-state index contributed by atoms with van der Waals surface area (Å²) in [5.74, 6) is 0.993. The molecule has 1 amide bonds. The highest BCUT2D eigenvalue weighted by atomic mass is 16.5. The molecule has 0 unspecified atom stereocenters. The minimum absolute atomic E-state index is 0.111. The third kappa shape index (κ3) is 4.07. The molecule has 0 radical (unpaired) electrons. The van der Waals surface area contributed by atoms with Crippen LogP contribution in [0.4, 0.5) is 0 Å². The SMILES string of the molecule is CCN(CC)CCOc1ccc(-c2cnn3c2CN(C(C)=O)CC3)cc1. The van der Waals surface area contributed by atoms with Crippen LogP contribution in [0.25, 0.3) is 11.1 Å². The van der Waals surface area contributed by atoms with Crippen molar-refractivity contribution in [2.45, 2.75) is 33.9 Å². The van der Waals surface area contributed by atoms with Crippen molar-refractivity contribution in [2.75, 3.05) is 32.8 Å². The largest absolute Gasteiger partial charge is 0.492 e. The zero-order valence-corrected chi connectivity index (χ0v) is 15.9. The van der Waals surface area contributed by atoms with E-state index in [4.69, 9.17) is 4.74 Å². The van der Waals surface area contributed by atoms with Gasteiger partial charge in [0, 0.05) is 25.6 Å². The van der Waals surface area contributed by atoms with E-state index in [9.17, 15) is 4.79 Å². The van der Waals surface area contributed by atoms with Gasteiger partial charge in [0.25, 0.3) is 0 Å². The number of carbonyl (C=O) groups is 1. The second-order valence-corrected chi connectivity index (χ2v) is 6.57. The van der Waals surface area contributed by atoms with E-state index in [0.717, 1.165) is 55.3 Å². The van der Waals surface area contributed by atoms with E-state index in [-0.39, 0.29) is 5.91 Å². The number of benzene rings is 1. The van der Waals surface area contributed by atoms with Gasteiger partial charge >= 0.3 is 0 Å². The summed E-state index contributed by atoms with van der Waals surface area (Å²) in [5.41, 5.74) is 3.29. The van der Waals surface area contributed by atoms with Crippen LogP contribution in [-0.4, -0.2) is 58.3 Å². The maximum atomic E-state index is 11.7. The summed E-state index contributed by atoms with van der Waals surface area (Å²) >= 11 is 0. The van der Waals surface area contributed by atoms with Crippen LogP contribution in [0.15, 0.2) is 30.5 Å². The topological polar surface area (TPSA) is 50.6 Å². The van der Waals surface area contributed by atoms with Gasteiger partial charge in [0.15, 0.2) is 0 Å². The molecular formula is C20H28N4O2. The Labute approximate surface area is 155 Å². The second-order valence-electron chi connectivity index (χ2n) is 6.57. The first-order chi connectivity index (χ1) is 12.6. The van der Waals surface area contributed by atoms with Gasteiger partial charge in [-0.2, -0.15) is 5.10 Å². The number of nitrogens with zero attached hydrogens (tertiary/aromatic N) is 4. The van der Waals surface area contributed by atoms with Crippen molar-refractivity contribution in [1.29, 1.82) is 0 Å². The van der Waals surface area contributed by atoms with Crippen LogP contribution >= 0.6 is 0 Å². The predicted molar refractivity (Wildman–Crippen MR) is 102 cm³/mol. The van der Waals surface area contributed by atoms with Crippen molar-refractivity contribution in [3.63, 3.8) is 0 Å². The van der Waals surface area contributed by atoms with Gasteiger partial charge < -0.3 is 14.5 Å². The summed E-state index contributed by atoms with van der Waals surface area (Å²) in [7, 11) is 0. The Hall–Kier alpha value is -2.34. The van der Waals surface area contributed by atoms with Crippen LogP contribution in [0.3, 0.4) is 0 Å². The van der Waals surface area contributed by atoms with Crippen LogP contribution in [-0.2, 0) is 17.9 Å². The van der Waals surface area contributed by atoms with E-state index in [0.29, 0.717) is 13.2 Å². The maximum absolute atomic E-state index is 11.7. The molecule has 1 aromatic carbocycles. The Kier molecular flexibility index (Phi) is 5.93. The Morgan fingerprint density at radius 2 is 1.92 bits per heavy atom. The van der Waals surface area contributed by atoms with Gasteiger partial charge in [-0.1, -0.05) is 26.0 Å². The fourth-order valence-electron chi connectivity index (χ4n) is 3.32. The first-order valence-corrected chi connectivity index (χ1v) is 9.38. The third-order valence-electron chi connectivity index (χ3n) is 5.05. The number of hydrogen-bond donors (Lipinski definition) is 0. The van der Waals surface area contributed by atoms with Gasteiger partial charge in [-0.3, -0.25) is 9.48 Å². The molecule has 0 spiro atoms. The summed E-state index contributed by atoms with van der Waals surface area (Å²) in [4.78, 5) is 15.9. The fourth-order valence-corrected chi connectivity index (χ4v) is 3.32. The summed E-state index contributed by atoms with van der Waals surface area (Å²) in [6.07, 6.45) is 1.90. The number of carbonyl (C=O) groups excluding carboxylic acids is 1. The smallest absolute Gasteiger partial charge is 0.219 e. The number of rotatable bonds is 7. The molecule has 6 nitrogen and oxygen atoms in total. The van der Waals surface area contributed by atoms with E-state index in [1.807, 2.05) is 27.9 Å². The van der Waals surface area contributed by atoms with Crippen LogP contribution in [0.2, 0.25) is 0 Å². The quantitative estimate of drug-likeness (QED) is 0.765. The molecule has 0 fully saturated rings. The molecule has 0 saturated carbocycles. The molecule has 6 heteroatoms. The van der Waals surface area contributed by atoms with Crippen molar-refractivity contribution in [2.24, 2.45) is 0 Å². The predicted octanol–water partition coefficient (Wildman–Crippen LogP) is 2.63. The Balaban J connectivity index is 1.66. The van der Waals surface area contributed by atoms with Crippen molar-refractivity contribution in [3.05, 3.63) is 36.2 Å². The van der Waals surface area contributed by atoms with Crippen LogP contribution in [0.1, 0.15) is 26.5 Å². The van der Waals surface area contributed by atoms with Crippen LogP contribution in [0, 0.1) is 0 Å². The molecule has 2 heterocycles. The fraction of sp³-hybridized carbons (Fsp3) is 0.500. The molecular weight excluding hydrogens is 328 g/mol.